The topological polar surface area (TPSA) is 57.5 Å². The number of rotatable bonds is 6. The molecule has 0 unspecified atom stereocenters. The number of hydrogen-bond acceptors (Lipinski definition) is 2. The largest absolute Gasteiger partial charge is 0.507 e. The minimum Gasteiger partial charge on any atom is -0.507 e. The fourth-order valence-corrected chi connectivity index (χ4v) is 3.61. The highest BCUT2D eigenvalue weighted by Crippen LogP contribution is 2.36. The molecule has 0 saturated heterocycles. The molecule has 3 aromatic rings. The van der Waals surface area contributed by atoms with Crippen molar-refractivity contribution in [3.8, 4) is 5.75 Å². The van der Waals surface area contributed by atoms with E-state index in [1.807, 2.05) is 6.07 Å². The van der Waals surface area contributed by atoms with Crippen LogP contribution in [0.2, 0.25) is 0 Å². The molecular formula is C25H26O3. The van der Waals surface area contributed by atoms with Crippen LogP contribution < -0.4 is 0 Å². The number of carbonyl (C=O) groups is 1. The van der Waals surface area contributed by atoms with Crippen LogP contribution in [0.5, 0.6) is 5.75 Å². The third-order valence-electron chi connectivity index (χ3n) is 5.33. The number of aromatic carboxylic acids is 1. The summed E-state index contributed by atoms with van der Waals surface area (Å²) in [5.41, 5.74) is 6.09. The van der Waals surface area contributed by atoms with Crippen LogP contribution in [0.15, 0.2) is 60.7 Å². The van der Waals surface area contributed by atoms with Crippen molar-refractivity contribution in [2.75, 3.05) is 0 Å². The predicted octanol–water partition coefficient (Wildman–Crippen LogP) is 5.70. The zero-order chi connectivity index (χ0) is 20.3. The monoisotopic (exact) mass is 374 g/mol. The fraction of sp³-hybridized carbons (Fsp3) is 0.240. The first-order valence-corrected chi connectivity index (χ1v) is 9.69. The molecule has 0 fully saturated rings. The van der Waals surface area contributed by atoms with Gasteiger partial charge in [0, 0.05) is 5.92 Å². The number of carboxylic acids is 1. The molecule has 144 valence electrons. The smallest absolute Gasteiger partial charge is 0.339 e. The van der Waals surface area contributed by atoms with E-state index < -0.39 is 5.97 Å². The quantitative estimate of drug-likeness (QED) is 0.544. The number of aryl methyl sites for hydroxylation is 3. The van der Waals surface area contributed by atoms with Gasteiger partial charge in [0.2, 0.25) is 0 Å². The number of phenols is 1. The lowest BCUT2D eigenvalue weighted by molar-refractivity contribution is 0.0693. The van der Waals surface area contributed by atoms with Crippen LogP contribution in [-0.4, -0.2) is 16.2 Å². The Morgan fingerprint density at radius 2 is 1.29 bits per heavy atom. The molecule has 0 saturated carbocycles. The molecule has 28 heavy (non-hydrogen) atoms. The Kier molecular flexibility index (Phi) is 5.84. The van der Waals surface area contributed by atoms with Crippen LogP contribution in [-0.2, 0) is 12.8 Å². The fourth-order valence-electron chi connectivity index (χ4n) is 3.61. The molecule has 3 rings (SSSR count). The first-order chi connectivity index (χ1) is 13.4. The van der Waals surface area contributed by atoms with Crippen molar-refractivity contribution in [1.29, 1.82) is 0 Å². The van der Waals surface area contributed by atoms with Gasteiger partial charge >= 0.3 is 5.97 Å². The van der Waals surface area contributed by atoms with Crippen molar-refractivity contribution in [3.63, 3.8) is 0 Å². The third kappa shape index (κ3) is 3.94. The summed E-state index contributed by atoms with van der Waals surface area (Å²) < 4.78 is 0. The summed E-state index contributed by atoms with van der Waals surface area (Å²) in [7, 11) is 0. The van der Waals surface area contributed by atoms with E-state index in [0.717, 1.165) is 29.5 Å². The molecule has 0 aliphatic heterocycles. The minimum absolute atomic E-state index is 0.0599. The lowest BCUT2D eigenvalue weighted by Crippen LogP contribution is -2.07. The van der Waals surface area contributed by atoms with Gasteiger partial charge in [0.25, 0.3) is 0 Å². The summed E-state index contributed by atoms with van der Waals surface area (Å²) in [5.74, 6) is -1.39. The van der Waals surface area contributed by atoms with Gasteiger partial charge in [-0.15, -0.1) is 0 Å². The average molecular weight is 374 g/mol. The van der Waals surface area contributed by atoms with Crippen LogP contribution in [0.1, 0.15) is 63.5 Å². The molecule has 0 amide bonds. The molecule has 3 heteroatoms. The molecule has 0 aliphatic carbocycles. The van der Waals surface area contributed by atoms with Gasteiger partial charge in [-0.1, -0.05) is 68.4 Å². The Labute approximate surface area is 166 Å². The maximum absolute atomic E-state index is 11.6. The van der Waals surface area contributed by atoms with E-state index in [1.165, 1.54) is 11.1 Å². The Morgan fingerprint density at radius 1 is 0.821 bits per heavy atom. The van der Waals surface area contributed by atoms with E-state index >= 15 is 0 Å². The summed E-state index contributed by atoms with van der Waals surface area (Å²) in [5, 5.41) is 19.7. The molecule has 0 aromatic heterocycles. The second-order valence-electron chi connectivity index (χ2n) is 7.16. The van der Waals surface area contributed by atoms with Crippen LogP contribution >= 0.6 is 0 Å². The Bertz CT molecular complexity index is 922. The molecule has 0 bridgehead atoms. The lowest BCUT2D eigenvalue weighted by Gasteiger charge is -2.21. The molecule has 0 heterocycles. The molecule has 3 aromatic carbocycles. The van der Waals surface area contributed by atoms with Crippen LogP contribution in [0.25, 0.3) is 0 Å². The normalized spacial score (nSPS) is 11.0. The van der Waals surface area contributed by atoms with Gasteiger partial charge in [0.05, 0.1) is 0 Å². The van der Waals surface area contributed by atoms with Crippen molar-refractivity contribution in [2.24, 2.45) is 0 Å². The van der Waals surface area contributed by atoms with Crippen molar-refractivity contribution >= 4 is 5.97 Å². The molecule has 0 atom stereocenters. The van der Waals surface area contributed by atoms with Gasteiger partial charge in [-0.25, -0.2) is 4.79 Å². The summed E-state index contributed by atoms with van der Waals surface area (Å²) in [6, 6.07) is 20.4. The second-order valence-corrected chi connectivity index (χ2v) is 7.16. The number of benzene rings is 3. The summed E-state index contributed by atoms with van der Waals surface area (Å²) in [6.07, 6.45) is 1.94. The molecule has 0 radical (unpaired) electrons. The van der Waals surface area contributed by atoms with Gasteiger partial charge < -0.3 is 10.2 Å². The van der Waals surface area contributed by atoms with Crippen LogP contribution in [0, 0.1) is 6.92 Å². The second kappa shape index (κ2) is 8.30. The third-order valence-corrected chi connectivity index (χ3v) is 5.33. The predicted molar refractivity (Wildman–Crippen MR) is 112 cm³/mol. The lowest BCUT2D eigenvalue weighted by atomic mass is 9.83. The van der Waals surface area contributed by atoms with Crippen LogP contribution in [0.3, 0.4) is 0 Å². The first kappa shape index (κ1) is 19.7. The summed E-state index contributed by atoms with van der Waals surface area (Å²) in [6.45, 7) is 5.99. The van der Waals surface area contributed by atoms with E-state index in [2.05, 4.69) is 62.4 Å². The van der Waals surface area contributed by atoms with Crippen molar-refractivity contribution in [3.05, 3.63) is 99.6 Å². The molecule has 3 nitrogen and oxygen atoms in total. The number of carboxylic acid groups (broad SMARTS) is 1. The number of hydrogen-bond donors (Lipinski definition) is 2. The standard InChI is InChI=1S/C25H26O3/c1-4-17-6-10-19(11-7-17)23(20-12-8-18(5-2)9-13-20)21-14-16(3)24(26)22(15-21)25(27)28/h6-15,23,26H,4-5H2,1-3H3,(H,27,28). The maximum atomic E-state index is 11.6. The zero-order valence-corrected chi connectivity index (χ0v) is 16.6. The van der Waals surface area contributed by atoms with Crippen LogP contribution in [0.4, 0.5) is 0 Å². The highest BCUT2D eigenvalue weighted by Gasteiger charge is 2.21. The van der Waals surface area contributed by atoms with E-state index in [0.29, 0.717) is 5.56 Å². The van der Waals surface area contributed by atoms with E-state index in [1.54, 1.807) is 13.0 Å². The molecule has 0 spiro atoms. The highest BCUT2D eigenvalue weighted by atomic mass is 16.4. The average Bonchev–Trinajstić information content (AvgIpc) is 2.71. The SMILES string of the molecule is CCc1ccc(C(c2ccc(CC)cc2)c2cc(C)c(O)c(C(=O)O)c2)cc1. The van der Waals surface area contributed by atoms with Gasteiger partial charge in [0.15, 0.2) is 0 Å². The minimum atomic E-state index is -1.12. The van der Waals surface area contributed by atoms with Gasteiger partial charge in [0.1, 0.15) is 11.3 Å². The summed E-state index contributed by atoms with van der Waals surface area (Å²) in [4.78, 5) is 11.6. The van der Waals surface area contributed by atoms with Gasteiger partial charge in [-0.05, 0) is 59.2 Å². The Balaban J connectivity index is 2.19. The Hall–Kier alpha value is -3.07. The highest BCUT2D eigenvalue weighted by molar-refractivity contribution is 5.91. The molecule has 0 aliphatic rings. The van der Waals surface area contributed by atoms with Crippen molar-refractivity contribution in [1.82, 2.24) is 0 Å². The zero-order valence-electron chi connectivity index (χ0n) is 16.6. The maximum Gasteiger partial charge on any atom is 0.339 e. The van der Waals surface area contributed by atoms with Gasteiger partial charge in [-0.2, -0.15) is 0 Å². The number of aromatic hydroxyl groups is 1. The van der Waals surface area contributed by atoms with E-state index in [4.69, 9.17) is 0 Å². The molecule has 2 N–H and O–H groups in total. The van der Waals surface area contributed by atoms with E-state index in [-0.39, 0.29) is 17.2 Å². The molecular weight excluding hydrogens is 348 g/mol. The van der Waals surface area contributed by atoms with Crippen molar-refractivity contribution < 1.29 is 15.0 Å². The van der Waals surface area contributed by atoms with E-state index in [9.17, 15) is 15.0 Å². The van der Waals surface area contributed by atoms with Gasteiger partial charge in [-0.3, -0.25) is 0 Å². The Morgan fingerprint density at radius 3 is 1.68 bits per heavy atom. The first-order valence-electron chi connectivity index (χ1n) is 9.69. The van der Waals surface area contributed by atoms with Crippen molar-refractivity contribution in [2.45, 2.75) is 39.5 Å². The summed E-state index contributed by atoms with van der Waals surface area (Å²) >= 11 is 0.